The minimum absolute atomic E-state index is 0.167. The van der Waals surface area contributed by atoms with Crippen LogP contribution in [0.15, 0.2) is 18.2 Å². The van der Waals surface area contributed by atoms with Gasteiger partial charge >= 0.3 is 5.97 Å². The van der Waals surface area contributed by atoms with Gasteiger partial charge in [-0.15, -0.1) is 0 Å². The number of nitrogens with one attached hydrogen (secondary N) is 1. The van der Waals surface area contributed by atoms with E-state index in [1.165, 1.54) is 6.07 Å². The van der Waals surface area contributed by atoms with Gasteiger partial charge in [-0.05, 0) is 31.0 Å². The lowest BCUT2D eigenvalue weighted by Crippen LogP contribution is -2.40. The third kappa shape index (κ3) is 4.59. The van der Waals surface area contributed by atoms with Gasteiger partial charge in [0.15, 0.2) is 0 Å². The molecule has 27 heavy (non-hydrogen) atoms. The Morgan fingerprint density at radius 1 is 1.11 bits per heavy atom. The molecule has 146 valence electrons. The first-order valence-electron chi connectivity index (χ1n) is 9.17. The van der Waals surface area contributed by atoms with Gasteiger partial charge in [-0.3, -0.25) is 14.4 Å². The number of halogens is 1. The molecule has 0 spiro atoms. The predicted molar refractivity (Wildman–Crippen MR) is 99.9 cm³/mol. The van der Waals surface area contributed by atoms with E-state index in [1.54, 1.807) is 17.0 Å². The number of hydrogen-bond donors (Lipinski definition) is 2. The summed E-state index contributed by atoms with van der Waals surface area (Å²) in [6.07, 6.45) is 2.74. The van der Waals surface area contributed by atoms with Crippen molar-refractivity contribution in [2.45, 2.75) is 25.7 Å². The summed E-state index contributed by atoms with van der Waals surface area (Å²) in [5, 5.41) is 12.3. The normalized spacial score (nSPS) is 22.9. The highest BCUT2D eigenvalue weighted by Crippen LogP contribution is 2.32. The van der Waals surface area contributed by atoms with Crippen LogP contribution in [0, 0.1) is 11.8 Å². The summed E-state index contributed by atoms with van der Waals surface area (Å²) >= 11 is 6.27. The molecular weight excluding hydrogens is 372 g/mol. The lowest BCUT2D eigenvalue weighted by Gasteiger charge is -2.28. The Hall–Kier alpha value is -2.12. The molecule has 1 aromatic carbocycles. The molecule has 2 fully saturated rings. The topological polar surface area (TPSA) is 95.9 Å². The van der Waals surface area contributed by atoms with Crippen molar-refractivity contribution < 1.29 is 24.2 Å². The maximum atomic E-state index is 12.6. The summed E-state index contributed by atoms with van der Waals surface area (Å²) in [4.78, 5) is 38.2. The van der Waals surface area contributed by atoms with Gasteiger partial charge < -0.3 is 20.1 Å². The van der Waals surface area contributed by atoms with Crippen LogP contribution in [0.4, 0.5) is 5.69 Å². The fourth-order valence-electron chi connectivity index (χ4n) is 3.68. The highest BCUT2D eigenvalue weighted by Gasteiger charge is 2.35. The third-order valence-electron chi connectivity index (χ3n) is 5.19. The van der Waals surface area contributed by atoms with E-state index in [2.05, 4.69) is 5.32 Å². The summed E-state index contributed by atoms with van der Waals surface area (Å²) in [5.41, 5.74) is 0.830. The lowest BCUT2D eigenvalue weighted by molar-refractivity contribution is -0.147. The molecule has 7 nitrogen and oxygen atoms in total. The van der Waals surface area contributed by atoms with E-state index in [0.29, 0.717) is 50.4 Å². The van der Waals surface area contributed by atoms with Crippen molar-refractivity contribution in [1.29, 1.82) is 0 Å². The Labute approximate surface area is 162 Å². The van der Waals surface area contributed by atoms with Crippen molar-refractivity contribution in [3.05, 3.63) is 28.8 Å². The van der Waals surface area contributed by atoms with Gasteiger partial charge in [0.2, 0.25) is 5.91 Å². The monoisotopic (exact) mass is 394 g/mol. The molecule has 2 unspecified atom stereocenters. The van der Waals surface area contributed by atoms with Crippen molar-refractivity contribution in [3.63, 3.8) is 0 Å². The summed E-state index contributed by atoms with van der Waals surface area (Å²) in [6.45, 7) is 2.05. The molecule has 3 rings (SSSR count). The molecule has 1 saturated heterocycles. The van der Waals surface area contributed by atoms with E-state index in [-0.39, 0.29) is 16.8 Å². The van der Waals surface area contributed by atoms with Crippen molar-refractivity contribution >= 4 is 35.1 Å². The number of carbonyl (C=O) groups is 3. The molecule has 1 aliphatic heterocycles. The number of rotatable bonds is 4. The van der Waals surface area contributed by atoms with E-state index in [4.69, 9.17) is 16.3 Å². The van der Waals surface area contributed by atoms with Crippen LogP contribution < -0.4 is 5.32 Å². The van der Waals surface area contributed by atoms with E-state index < -0.39 is 17.8 Å². The minimum Gasteiger partial charge on any atom is -0.481 e. The number of benzene rings is 1. The Morgan fingerprint density at radius 3 is 2.41 bits per heavy atom. The average Bonchev–Trinajstić information content (AvgIpc) is 2.68. The summed E-state index contributed by atoms with van der Waals surface area (Å²) in [6, 6.07) is 4.74. The summed E-state index contributed by atoms with van der Waals surface area (Å²) in [7, 11) is 0. The Morgan fingerprint density at radius 2 is 1.78 bits per heavy atom. The number of morpholine rings is 1. The molecule has 0 aromatic heterocycles. The van der Waals surface area contributed by atoms with Crippen LogP contribution in [-0.4, -0.2) is 54.1 Å². The second-order valence-electron chi connectivity index (χ2n) is 6.92. The van der Waals surface area contributed by atoms with E-state index in [0.717, 1.165) is 12.8 Å². The van der Waals surface area contributed by atoms with Crippen molar-refractivity contribution in [3.8, 4) is 0 Å². The second kappa shape index (κ2) is 8.71. The van der Waals surface area contributed by atoms with Crippen LogP contribution in [0.25, 0.3) is 0 Å². The molecule has 1 saturated carbocycles. The smallest absolute Gasteiger partial charge is 0.307 e. The quantitative estimate of drug-likeness (QED) is 0.818. The van der Waals surface area contributed by atoms with Gasteiger partial charge in [0.25, 0.3) is 5.91 Å². The molecule has 2 amide bonds. The molecule has 0 radical (unpaired) electrons. The van der Waals surface area contributed by atoms with Crippen LogP contribution >= 0.6 is 11.6 Å². The Kier molecular flexibility index (Phi) is 6.34. The number of aliphatic carboxylic acids is 1. The molecule has 1 heterocycles. The highest BCUT2D eigenvalue weighted by molar-refractivity contribution is 6.34. The Balaban J connectivity index is 1.69. The van der Waals surface area contributed by atoms with Crippen LogP contribution in [0.3, 0.4) is 0 Å². The molecular formula is C19H23ClN2O5. The van der Waals surface area contributed by atoms with E-state index in [1.807, 2.05) is 0 Å². The number of carboxylic acid groups (broad SMARTS) is 1. The van der Waals surface area contributed by atoms with Gasteiger partial charge in [0.05, 0.1) is 35.6 Å². The summed E-state index contributed by atoms with van der Waals surface area (Å²) in [5.74, 6) is -2.62. The second-order valence-corrected chi connectivity index (χ2v) is 7.33. The van der Waals surface area contributed by atoms with Gasteiger partial charge in [0.1, 0.15) is 0 Å². The first kappa shape index (κ1) is 19.6. The molecule has 0 bridgehead atoms. The van der Waals surface area contributed by atoms with Crippen molar-refractivity contribution in [2.24, 2.45) is 11.8 Å². The Bertz CT molecular complexity index is 733. The molecule has 1 aromatic rings. The molecule has 2 aliphatic rings. The first-order chi connectivity index (χ1) is 13.0. The number of hydrogen-bond acceptors (Lipinski definition) is 4. The van der Waals surface area contributed by atoms with Crippen LogP contribution in [0.5, 0.6) is 0 Å². The van der Waals surface area contributed by atoms with Gasteiger partial charge in [-0.25, -0.2) is 0 Å². The number of carboxylic acids is 1. The molecule has 2 N–H and O–H groups in total. The highest BCUT2D eigenvalue weighted by atomic mass is 35.5. The fourth-order valence-corrected chi connectivity index (χ4v) is 3.94. The van der Waals surface area contributed by atoms with Gasteiger partial charge in [-0.1, -0.05) is 24.4 Å². The van der Waals surface area contributed by atoms with Gasteiger partial charge in [-0.2, -0.15) is 0 Å². The maximum absolute atomic E-state index is 12.6. The van der Waals surface area contributed by atoms with Crippen LogP contribution in [0.2, 0.25) is 5.02 Å². The van der Waals surface area contributed by atoms with Crippen molar-refractivity contribution in [1.82, 2.24) is 4.90 Å². The van der Waals surface area contributed by atoms with E-state index in [9.17, 15) is 19.5 Å². The standard InChI is InChI=1S/C19H23ClN2O5/c20-16-11-12(5-6-15(16)18(24)22-7-9-27-10-8-22)21-17(23)13-3-1-2-4-14(13)19(25)26/h5-6,11,13-14H,1-4,7-10H2,(H,21,23)(H,25,26). The number of ether oxygens (including phenoxy) is 1. The summed E-state index contributed by atoms with van der Waals surface area (Å²) < 4.78 is 5.25. The number of amides is 2. The third-order valence-corrected chi connectivity index (χ3v) is 5.50. The first-order valence-corrected chi connectivity index (χ1v) is 9.55. The van der Waals surface area contributed by atoms with Crippen LogP contribution in [0.1, 0.15) is 36.0 Å². The predicted octanol–water partition coefficient (Wildman–Crippen LogP) is 2.64. The molecule has 1 aliphatic carbocycles. The number of anilines is 1. The van der Waals surface area contributed by atoms with Crippen molar-refractivity contribution in [2.75, 3.05) is 31.6 Å². The zero-order valence-electron chi connectivity index (χ0n) is 14.9. The SMILES string of the molecule is O=C(O)C1CCCCC1C(=O)Nc1ccc(C(=O)N2CCOCC2)c(Cl)c1. The van der Waals surface area contributed by atoms with Crippen LogP contribution in [-0.2, 0) is 14.3 Å². The zero-order chi connectivity index (χ0) is 19.4. The van der Waals surface area contributed by atoms with E-state index >= 15 is 0 Å². The zero-order valence-corrected chi connectivity index (χ0v) is 15.7. The van der Waals surface area contributed by atoms with Gasteiger partial charge in [0, 0.05) is 18.8 Å². The lowest BCUT2D eigenvalue weighted by atomic mass is 9.78. The number of carbonyl (C=O) groups excluding carboxylic acids is 2. The number of nitrogens with zero attached hydrogens (tertiary/aromatic N) is 1. The maximum Gasteiger partial charge on any atom is 0.307 e. The minimum atomic E-state index is -0.931. The largest absolute Gasteiger partial charge is 0.481 e. The average molecular weight is 395 g/mol. The molecule has 8 heteroatoms. The molecule has 2 atom stereocenters. The fraction of sp³-hybridized carbons (Fsp3) is 0.526.